The van der Waals surface area contributed by atoms with E-state index in [1.165, 1.54) is 12.1 Å². The molecule has 2 N–H and O–H groups in total. The van der Waals surface area contributed by atoms with Crippen LogP contribution < -0.4 is 10.6 Å². The number of nitrogens with one attached hydrogen (secondary N) is 2. The summed E-state index contributed by atoms with van der Waals surface area (Å²) in [6, 6.07) is 10.8. The van der Waals surface area contributed by atoms with Crippen LogP contribution in [0.25, 0.3) is 0 Å². The minimum Gasteiger partial charge on any atom is -0.376 e. The molecule has 6 heteroatoms. The number of hydrogen-bond donors (Lipinski definition) is 2. The zero-order valence-corrected chi connectivity index (χ0v) is 13.5. The highest BCUT2D eigenvalue weighted by Crippen LogP contribution is 2.32. The number of benzene rings is 2. The van der Waals surface area contributed by atoms with Gasteiger partial charge in [-0.1, -0.05) is 52.5 Å². The number of hydrogen-bond acceptors (Lipinski definition) is 2. The number of halogens is 3. The van der Waals surface area contributed by atoms with E-state index in [0.717, 1.165) is 11.3 Å². The summed E-state index contributed by atoms with van der Waals surface area (Å²) >= 11 is 17.7. The summed E-state index contributed by atoms with van der Waals surface area (Å²) < 4.78 is 0. The van der Waals surface area contributed by atoms with Crippen molar-refractivity contribution in [1.82, 2.24) is 0 Å². The van der Waals surface area contributed by atoms with Crippen molar-refractivity contribution in [2.75, 3.05) is 17.2 Å². The molecule has 0 heterocycles. The summed E-state index contributed by atoms with van der Waals surface area (Å²) in [7, 11) is 0. The average molecular weight is 344 g/mol. The molecular formula is C15H13Cl3N2O. The van der Waals surface area contributed by atoms with Gasteiger partial charge in [0.25, 0.3) is 0 Å². The van der Waals surface area contributed by atoms with Crippen LogP contribution in [0.3, 0.4) is 0 Å². The first kappa shape index (κ1) is 16.0. The Labute approximate surface area is 138 Å². The molecule has 21 heavy (non-hydrogen) atoms. The Kier molecular flexibility index (Phi) is 5.34. The quantitative estimate of drug-likeness (QED) is 0.766. The predicted octanol–water partition coefficient (Wildman–Crippen LogP) is 5.01. The largest absolute Gasteiger partial charge is 0.376 e. The standard InChI is InChI=1S/C15H13Cl3N2O/c1-9-2-4-10(5-3-9)19-8-15(21)20-14-7-12(17)11(16)6-13(14)18/h2-7,19H,8H2,1H3,(H,20,21). The van der Waals surface area contributed by atoms with Crippen LogP contribution in [0.15, 0.2) is 36.4 Å². The van der Waals surface area contributed by atoms with Crippen molar-refractivity contribution < 1.29 is 4.79 Å². The SMILES string of the molecule is Cc1ccc(NCC(=O)Nc2cc(Cl)c(Cl)cc2Cl)cc1. The molecule has 0 saturated heterocycles. The zero-order valence-electron chi connectivity index (χ0n) is 11.2. The summed E-state index contributed by atoms with van der Waals surface area (Å²) in [5.41, 5.74) is 2.46. The van der Waals surface area contributed by atoms with Crippen LogP contribution in [0, 0.1) is 6.92 Å². The van der Waals surface area contributed by atoms with E-state index in [1.54, 1.807) is 0 Å². The maximum atomic E-state index is 11.9. The van der Waals surface area contributed by atoms with Gasteiger partial charge in [0, 0.05) is 5.69 Å². The van der Waals surface area contributed by atoms with Crippen molar-refractivity contribution in [3.8, 4) is 0 Å². The van der Waals surface area contributed by atoms with Crippen molar-refractivity contribution >= 4 is 52.1 Å². The molecule has 0 aliphatic heterocycles. The highest BCUT2D eigenvalue weighted by molar-refractivity contribution is 6.44. The van der Waals surface area contributed by atoms with Gasteiger partial charge < -0.3 is 10.6 Å². The highest BCUT2D eigenvalue weighted by Gasteiger charge is 2.09. The molecule has 0 bridgehead atoms. The normalized spacial score (nSPS) is 10.3. The summed E-state index contributed by atoms with van der Waals surface area (Å²) in [4.78, 5) is 11.9. The molecule has 2 rings (SSSR count). The van der Waals surface area contributed by atoms with E-state index in [9.17, 15) is 4.79 Å². The Balaban J connectivity index is 1.96. The van der Waals surface area contributed by atoms with E-state index in [1.807, 2.05) is 31.2 Å². The minimum absolute atomic E-state index is 0.125. The molecule has 0 unspecified atom stereocenters. The van der Waals surface area contributed by atoms with Crippen molar-refractivity contribution in [2.24, 2.45) is 0 Å². The van der Waals surface area contributed by atoms with Gasteiger partial charge in [0.1, 0.15) is 0 Å². The molecule has 0 fully saturated rings. The fourth-order valence-corrected chi connectivity index (χ4v) is 2.26. The Morgan fingerprint density at radius 2 is 1.62 bits per heavy atom. The van der Waals surface area contributed by atoms with Crippen molar-refractivity contribution in [3.05, 3.63) is 57.0 Å². The third kappa shape index (κ3) is 4.53. The Bertz CT molecular complexity index is 657. The van der Waals surface area contributed by atoms with E-state index < -0.39 is 0 Å². The first-order valence-corrected chi connectivity index (χ1v) is 7.34. The third-order valence-corrected chi connectivity index (χ3v) is 3.82. The van der Waals surface area contributed by atoms with Crippen LogP contribution >= 0.6 is 34.8 Å². The Morgan fingerprint density at radius 3 is 2.29 bits per heavy atom. The predicted molar refractivity (Wildman–Crippen MR) is 89.8 cm³/mol. The topological polar surface area (TPSA) is 41.1 Å². The van der Waals surface area contributed by atoms with Crippen molar-refractivity contribution in [1.29, 1.82) is 0 Å². The molecule has 0 aliphatic rings. The number of carbonyl (C=O) groups excluding carboxylic acids is 1. The minimum atomic E-state index is -0.226. The van der Waals surface area contributed by atoms with Gasteiger partial charge in [-0.25, -0.2) is 0 Å². The second kappa shape index (κ2) is 7.03. The first-order valence-electron chi connectivity index (χ1n) is 6.20. The number of aryl methyl sites for hydroxylation is 1. The van der Waals surface area contributed by atoms with Crippen molar-refractivity contribution in [3.63, 3.8) is 0 Å². The molecule has 0 saturated carbocycles. The lowest BCUT2D eigenvalue weighted by molar-refractivity contribution is -0.114. The monoisotopic (exact) mass is 342 g/mol. The maximum Gasteiger partial charge on any atom is 0.243 e. The summed E-state index contributed by atoms with van der Waals surface area (Å²) in [5.74, 6) is -0.226. The van der Waals surface area contributed by atoms with Crippen molar-refractivity contribution in [2.45, 2.75) is 6.92 Å². The lowest BCUT2D eigenvalue weighted by Gasteiger charge is -2.10. The molecule has 1 amide bonds. The molecule has 2 aromatic rings. The van der Waals surface area contributed by atoms with Crippen LogP contribution in [0.5, 0.6) is 0 Å². The second-order valence-corrected chi connectivity index (χ2v) is 5.74. The molecule has 3 nitrogen and oxygen atoms in total. The molecule has 0 aromatic heterocycles. The van der Waals surface area contributed by atoms with E-state index in [-0.39, 0.29) is 12.5 Å². The fourth-order valence-electron chi connectivity index (χ4n) is 1.67. The number of amides is 1. The van der Waals surface area contributed by atoms with Gasteiger partial charge in [-0.05, 0) is 31.2 Å². The molecular weight excluding hydrogens is 331 g/mol. The van der Waals surface area contributed by atoms with Gasteiger partial charge in [0.15, 0.2) is 0 Å². The van der Waals surface area contributed by atoms with Gasteiger partial charge in [-0.15, -0.1) is 0 Å². The van der Waals surface area contributed by atoms with Gasteiger partial charge in [0.05, 0.1) is 27.3 Å². The van der Waals surface area contributed by atoms with Crippen LogP contribution in [0.1, 0.15) is 5.56 Å². The average Bonchev–Trinajstić information content (AvgIpc) is 2.44. The first-order chi connectivity index (χ1) is 9.95. The number of anilines is 2. The van der Waals surface area contributed by atoms with Crippen LogP contribution in [0.4, 0.5) is 11.4 Å². The summed E-state index contributed by atoms with van der Waals surface area (Å²) in [6.07, 6.45) is 0. The molecule has 0 spiro atoms. The third-order valence-electron chi connectivity index (χ3n) is 2.79. The van der Waals surface area contributed by atoms with Gasteiger partial charge in [-0.3, -0.25) is 4.79 Å². The van der Waals surface area contributed by atoms with E-state index >= 15 is 0 Å². The smallest absolute Gasteiger partial charge is 0.243 e. The number of rotatable bonds is 4. The summed E-state index contributed by atoms with van der Waals surface area (Å²) in [6.45, 7) is 2.13. The lowest BCUT2D eigenvalue weighted by atomic mass is 10.2. The molecule has 0 aliphatic carbocycles. The molecule has 0 atom stereocenters. The van der Waals surface area contributed by atoms with Gasteiger partial charge in [-0.2, -0.15) is 0 Å². The second-order valence-electron chi connectivity index (χ2n) is 4.51. The van der Waals surface area contributed by atoms with E-state index in [4.69, 9.17) is 34.8 Å². The van der Waals surface area contributed by atoms with Crippen LogP contribution in [-0.2, 0) is 4.79 Å². The maximum absolute atomic E-state index is 11.9. The Morgan fingerprint density at radius 1 is 1.00 bits per heavy atom. The van der Waals surface area contributed by atoms with Crippen LogP contribution in [0.2, 0.25) is 15.1 Å². The molecule has 0 radical (unpaired) electrons. The molecule has 110 valence electrons. The lowest BCUT2D eigenvalue weighted by Crippen LogP contribution is -2.21. The van der Waals surface area contributed by atoms with Crippen LogP contribution in [-0.4, -0.2) is 12.5 Å². The van der Waals surface area contributed by atoms with Gasteiger partial charge in [0.2, 0.25) is 5.91 Å². The Hall–Kier alpha value is -1.42. The summed E-state index contributed by atoms with van der Waals surface area (Å²) in [5, 5.41) is 6.73. The van der Waals surface area contributed by atoms with E-state index in [0.29, 0.717) is 20.8 Å². The van der Waals surface area contributed by atoms with Gasteiger partial charge >= 0.3 is 0 Å². The zero-order chi connectivity index (χ0) is 15.4. The van der Waals surface area contributed by atoms with E-state index in [2.05, 4.69) is 10.6 Å². The molecule has 2 aromatic carbocycles. The number of carbonyl (C=O) groups is 1. The fraction of sp³-hybridized carbons (Fsp3) is 0.133. The highest BCUT2D eigenvalue weighted by atomic mass is 35.5.